The number of amides is 2. The quantitative estimate of drug-likeness (QED) is 0.450. The minimum Gasteiger partial charge on any atom is -0.459 e. The average molecular weight is 497 g/mol. The van der Waals surface area contributed by atoms with Gasteiger partial charge >= 0.3 is 12.1 Å². The van der Waals surface area contributed by atoms with Crippen molar-refractivity contribution in [2.24, 2.45) is 11.8 Å². The summed E-state index contributed by atoms with van der Waals surface area (Å²) in [5, 5.41) is 5.65. The molecule has 0 unspecified atom stereocenters. The van der Waals surface area contributed by atoms with Crippen LogP contribution < -0.4 is 10.6 Å². The lowest BCUT2D eigenvalue weighted by molar-refractivity contribution is -0.158. The van der Waals surface area contributed by atoms with Gasteiger partial charge in [-0.05, 0) is 43.7 Å². The van der Waals surface area contributed by atoms with Crippen LogP contribution in [0.25, 0.3) is 0 Å². The summed E-state index contributed by atoms with van der Waals surface area (Å²) >= 11 is 0. The highest BCUT2D eigenvalue weighted by atomic mass is 16.6. The average Bonchev–Trinajstić information content (AvgIpc) is 2.80. The lowest BCUT2D eigenvalue weighted by Gasteiger charge is -2.38. The van der Waals surface area contributed by atoms with Gasteiger partial charge in [-0.1, -0.05) is 88.4 Å². The van der Waals surface area contributed by atoms with E-state index in [-0.39, 0.29) is 24.9 Å². The van der Waals surface area contributed by atoms with Crippen molar-refractivity contribution in [2.75, 3.05) is 0 Å². The largest absolute Gasteiger partial charge is 0.459 e. The van der Waals surface area contributed by atoms with E-state index >= 15 is 0 Å². The van der Waals surface area contributed by atoms with Crippen LogP contribution in [-0.4, -0.2) is 35.2 Å². The predicted molar refractivity (Wildman–Crippen MR) is 140 cm³/mol. The molecular weight excluding hydrogens is 456 g/mol. The molecule has 0 aliphatic carbocycles. The highest BCUT2D eigenvalue weighted by molar-refractivity contribution is 5.92. The van der Waals surface area contributed by atoms with E-state index in [0.29, 0.717) is 0 Å². The molecule has 2 aromatic carbocycles. The maximum atomic E-state index is 13.7. The van der Waals surface area contributed by atoms with Crippen molar-refractivity contribution >= 4 is 18.0 Å². The van der Waals surface area contributed by atoms with Gasteiger partial charge in [-0.15, -0.1) is 0 Å². The molecule has 0 spiro atoms. The van der Waals surface area contributed by atoms with E-state index in [1.165, 1.54) is 0 Å². The van der Waals surface area contributed by atoms with Gasteiger partial charge in [0.05, 0.1) is 0 Å². The summed E-state index contributed by atoms with van der Waals surface area (Å²) in [6, 6.07) is 18.0. The van der Waals surface area contributed by atoms with Gasteiger partial charge in [-0.2, -0.15) is 0 Å². The number of esters is 1. The molecule has 2 aromatic rings. The second-order valence-corrected chi connectivity index (χ2v) is 10.7. The Morgan fingerprint density at radius 1 is 0.833 bits per heavy atom. The van der Waals surface area contributed by atoms with Crippen molar-refractivity contribution in [3.8, 4) is 0 Å². The predicted octanol–water partition coefficient (Wildman–Crippen LogP) is 5.03. The Kier molecular flexibility index (Phi) is 10.1. The third-order valence-corrected chi connectivity index (χ3v) is 5.86. The molecule has 7 nitrogen and oxygen atoms in total. The smallest absolute Gasteiger partial charge is 0.408 e. The fraction of sp³-hybridized carbons (Fsp3) is 0.483. The maximum Gasteiger partial charge on any atom is 0.408 e. The molecule has 0 aromatic heterocycles. The summed E-state index contributed by atoms with van der Waals surface area (Å²) < 4.78 is 11.1. The molecule has 0 aliphatic heterocycles. The van der Waals surface area contributed by atoms with Crippen LogP contribution in [0.1, 0.15) is 59.6 Å². The number of nitrogens with one attached hydrogen (secondary N) is 2. The molecule has 0 fully saturated rings. The summed E-state index contributed by atoms with van der Waals surface area (Å²) in [7, 11) is 0. The summed E-state index contributed by atoms with van der Waals surface area (Å²) in [6.45, 7) is 12.7. The van der Waals surface area contributed by atoms with Crippen LogP contribution in [0.3, 0.4) is 0 Å². The number of benzene rings is 2. The number of carbonyl (C=O) groups excluding carboxylic acids is 3. The minimum absolute atomic E-state index is 0.0859. The highest BCUT2D eigenvalue weighted by Crippen LogP contribution is 2.26. The van der Waals surface area contributed by atoms with Crippen LogP contribution >= 0.6 is 0 Å². The highest BCUT2D eigenvalue weighted by Gasteiger charge is 2.46. The third-order valence-electron chi connectivity index (χ3n) is 5.86. The maximum absolute atomic E-state index is 13.7. The molecule has 2 atom stereocenters. The third kappa shape index (κ3) is 8.40. The zero-order chi connectivity index (χ0) is 26.9. The molecule has 0 saturated heterocycles. The molecule has 36 heavy (non-hydrogen) atoms. The zero-order valence-electron chi connectivity index (χ0n) is 22.5. The van der Waals surface area contributed by atoms with E-state index in [1.807, 2.05) is 88.4 Å². The van der Waals surface area contributed by atoms with Crippen LogP contribution in [0.5, 0.6) is 0 Å². The molecule has 0 bridgehead atoms. The molecular formula is C29H40N2O5. The molecule has 0 radical (unpaired) electrons. The van der Waals surface area contributed by atoms with Crippen molar-refractivity contribution in [2.45, 2.75) is 78.7 Å². The molecule has 0 aliphatic rings. The monoisotopic (exact) mass is 496 g/mol. The van der Waals surface area contributed by atoms with Crippen molar-refractivity contribution in [3.63, 3.8) is 0 Å². The van der Waals surface area contributed by atoms with Gasteiger partial charge < -0.3 is 20.1 Å². The summed E-state index contributed by atoms with van der Waals surface area (Å²) in [4.78, 5) is 39.7. The fourth-order valence-corrected chi connectivity index (χ4v) is 3.79. The summed E-state index contributed by atoms with van der Waals surface area (Å²) in [5.74, 6) is -1.56. The summed E-state index contributed by atoms with van der Waals surface area (Å²) in [6.07, 6.45) is -0.455. The zero-order valence-corrected chi connectivity index (χ0v) is 22.5. The molecule has 0 saturated carbocycles. The van der Waals surface area contributed by atoms with Gasteiger partial charge in [0.25, 0.3) is 0 Å². The van der Waals surface area contributed by atoms with E-state index in [1.54, 1.807) is 20.8 Å². The first kappa shape index (κ1) is 28.9. The van der Waals surface area contributed by atoms with Crippen LogP contribution in [0.2, 0.25) is 0 Å². The lowest BCUT2D eigenvalue weighted by Crippen LogP contribution is -2.64. The Hall–Kier alpha value is -3.35. The number of hydrogen-bond donors (Lipinski definition) is 2. The van der Waals surface area contributed by atoms with Crippen molar-refractivity contribution in [1.82, 2.24) is 10.6 Å². The second-order valence-electron chi connectivity index (χ2n) is 10.7. The Morgan fingerprint density at radius 2 is 1.36 bits per heavy atom. The van der Waals surface area contributed by atoms with Crippen molar-refractivity contribution in [1.29, 1.82) is 0 Å². The standard InChI is InChI=1S/C29H40N2O5/c1-20(2)24(30-27(34)36-28(5,6)7)25(32)31-29(21(3)4,18-22-14-10-8-11-15-22)26(33)35-19-23-16-12-9-13-17-23/h8-17,20-21,24H,18-19H2,1-7H3,(H,30,34)(H,31,32)/t24-,29-/m0/s1. The lowest BCUT2D eigenvalue weighted by atomic mass is 9.80. The van der Waals surface area contributed by atoms with Gasteiger partial charge in [0.2, 0.25) is 5.91 Å². The van der Waals surface area contributed by atoms with E-state index in [4.69, 9.17) is 9.47 Å². The first-order chi connectivity index (χ1) is 16.8. The van der Waals surface area contributed by atoms with Gasteiger partial charge in [0.15, 0.2) is 0 Å². The first-order valence-electron chi connectivity index (χ1n) is 12.4. The van der Waals surface area contributed by atoms with Crippen LogP contribution in [0.4, 0.5) is 4.79 Å². The first-order valence-corrected chi connectivity index (χ1v) is 12.4. The molecule has 7 heteroatoms. The number of ether oxygens (including phenoxy) is 2. The van der Waals surface area contributed by atoms with Crippen molar-refractivity contribution in [3.05, 3.63) is 71.8 Å². The molecule has 2 rings (SSSR count). The topological polar surface area (TPSA) is 93.7 Å². The Balaban J connectivity index is 2.35. The van der Waals surface area contributed by atoms with Gasteiger partial charge in [-0.3, -0.25) is 4.79 Å². The number of rotatable bonds is 10. The minimum atomic E-state index is -1.35. The SMILES string of the molecule is CC(C)[C@H](NC(=O)OC(C)(C)C)C(=O)N[C@](Cc1ccccc1)(C(=O)OCc1ccccc1)C(C)C. The van der Waals surface area contributed by atoms with Crippen LogP contribution in [-0.2, 0) is 32.1 Å². The Bertz CT molecular complexity index is 999. The second kappa shape index (κ2) is 12.6. The molecule has 2 N–H and O–H groups in total. The number of carbonyl (C=O) groups is 3. The molecule has 196 valence electrons. The number of alkyl carbamates (subject to hydrolysis) is 1. The summed E-state index contributed by atoms with van der Waals surface area (Å²) in [5.41, 5.74) is -0.334. The van der Waals surface area contributed by atoms with E-state index in [0.717, 1.165) is 11.1 Å². The van der Waals surface area contributed by atoms with Gasteiger partial charge in [0, 0.05) is 6.42 Å². The van der Waals surface area contributed by atoms with Gasteiger partial charge in [-0.25, -0.2) is 9.59 Å². The Labute approximate surface area is 215 Å². The van der Waals surface area contributed by atoms with E-state index in [9.17, 15) is 14.4 Å². The van der Waals surface area contributed by atoms with Crippen molar-refractivity contribution < 1.29 is 23.9 Å². The van der Waals surface area contributed by atoms with E-state index in [2.05, 4.69) is 10.6 Å². The molecule has 2 amide bonds. The normalized spacial score (nSPS) is 14.0. The number of hydrogen-bond acceptors (Lipinski definition) is 5. The van der Waals surface area contributed by atoms with Crippen LogP contribution in [0, 0.1) is 11.8 Å². The van der Waals surface area contributed by atoms with Gasteiger partial charge in [0.1, 0.15) is 23.8 Å². The van der Waals surface area contributed by atoms with E-state index < -0.39 is 35.2 Å². The Morgan fingerprint density at radius 3 is 1.83 bits per heavy atom. The molecule has 0 heterocycles. The van der Waals surface area contributed by atoms with Crippen LogP contribution in [0.15, 0.2) is 60.7 Å². The fourth-order valence-electron chi connectivity index (χ4n) is 3.79.